The third-order valence-corrected chi connectivity index (χ3v) is 4.68. The molecule has 2 aliphatic rings. The van der Waals surface area contributed by atoms with Crippen LogP contribution in [0.2, 0.25) is 0 Å². The zero-order chi connectivity index (χ0) is 17.6. The van der Waals surface area contributed by atoms with Gasteiger partial charge in [0.15, 0.2) is 5.75 Å². The normalized spacial score (nSPS) is 18.3. The van der Waals surface area contributed by atoms with Gasteiger partial charge >= 0.3 is 6.16 Å². The van der Waals surface area contributed by atoms with Crippen molar-refractivity contribution in [3.05, 3.63) is 40.2 Å². The van der Waals surface area contributed by atoms with Gasteiger partial charge < -0.3 is 24.5 Å². The summed E-state index contributed by atoms with van der Waals surface area (Å²) in [6, 6.07) is 7.39. The van der Waals surface area contributed by atoms with Crippen LogP contribution in [-0.2, 0) is 0 Å². The maximum absolute atomic E-state index is 12.1. The number of benzene rings is 1. The van der Waals surface area contributed by atoms with Crippen molar-refractivity contribution in [2.24, 2.45) is 0 Å². The fourth-order valence-corrected chi connectivity index (χ4v) is 3.48. The van der Waals surface area contributed by atoms with Crippen LogP contribution in [0.3, 0.4) is 0 Å². The van der Waals surface area contributed by atoms with Crippen molar-refractivity contribution in [1.29, 1.82) is 0 Å². The van der Waals surface area contributed by atoms with Gasteiger partial charge in [-0.05, 0) is 38.0 Å². The van der Waals surface area contributed by atoms with Crippen LogP contribution in [0.1, 0.15) is 31.4 Å². The summed E-state index contributed by atoms with van der Waals surface area (Å²) < 4.78 is 10.6. The highest BCUT2D eigenvalue weighted by Crippen LogP contribution is 2.43. The number of nitrogens with one attached hydrogen (secondary N) is 1. The molecule has 7 heteroatoms. The first kappa shape index (κ1) is 15.6. The van der Waals surface area contributed by atoms with Crippen LogP contribution in [0.5, 0.6) is 11.5 Å². The molecule has 2 aliphatic heterocycles. The lowest BCUT2D eigenvalue weighted by molar-refractivity contribution is 0.143. The molecule has 1 aromatic carbocycles. The average molecular weight is 342 g/mol. The highest BCUT2D eigenvalue weighted by Gasteiger charge is 2.27. The summed E-state index contributed by atoms with van der Waals surface area (Å²) in [5.41, 5.74) is 2.65. The van der Waals surface area contributed by atoms with E-state index < -0.39 is 11.7 Å². The van der Waals surface area contributed by atoms with E-state index in [0.29, 0.717) is 17.0 Å². The predicted octanol–water partition coefficient (Wildman–Crippen LogP) is 3.15. The Kier molecular flexibility index (Phi) is 3.63. The Morgan fingerprint density at radius 2 is 2.08 bits per heavy atom. The van der Waals surface area contributed by atoms with Crippen LogP contribution >= 0.6 is 0 Å². The van der Waals surface area contributed by atoms with Crippen molar-refractivity contribution in [3.8, 4) is 22.8 Å². The maximum Gasteiger partial charge on any atom is 0.511 e. The average Bonchev–Trinajstić information content (AvgIpc) is 3.10. The number of ether oxygens (including phenoxy) is 2. The molecule has 1 saturated heterocycles. The number of carbonyl (C=O) groups is 1. The van der Waals surface area contributed by atoms with Crippen molar-refractivity contribution < 1.29 is 19.4 Å². The number of hydrogen-bond donors (Lipinski definition) is 2. The summed E-state index contributed by atoms with van der Waals surface area (Å²) in [5, 5.41) is 8.74. The molecular weight excluding hydrogens is 324 g/mol. The van der Waals surface area contributed by atoms with E-state index in [1.54, 1.807) is 0 Å². The van der Waals surface area contributed by atoms with Crippen molar-refractivity contribution in [3.63, 3.8) is 0 Å². The number of pyridine rings is 1. The fourth-order valence-electron chi connectivity index (χ4n) is 3.48. The third kappa shape index (κ3) is 2.71. The van der Waals surface area contributed by atoms with Crippen LogP contribution in [-0.4, -0.2) is 29.3 Å². The van der Waals surface area contributed by atoms with E-state index >= 15 is 0 Å². The van der Waals surface area contributed by atoms with Gasteiger partial charge in [0.25, 0.3) is 5.56 Å². The van der Waals surface area contributed by atoms with Crippen molar-refractivity contribution in [2.45, 2.75) is 25.9 Å². The molecule has 1 atom stereocenters. The Balaban J connectivity index is 1.78. The van der Waals surface area contributed by atoms with E-state index in [0.717, 1.165) is 24.3 Å². The number of fused-ring (bicyclic) bond motifs is 3. The summed E-state index contributed by atoms with van der Waals surface area (Å²) in [6.07, 6.45) is 0.531. The quantitative estimate of drug-likeness (QED) is 0.815. The number of nitrogens with zero attached hydrogens (tertiary/aromatic N) is 1. The lowest BCUT2D eigenvalue weighted by Gasteiger charge is -2.28. The van der Waals surface area contributed by atoms with Gasteiger partial charge in [-0.3, -0.25) is 4.79 Å². The molecule has 130 valence electrons. The number of hydrogen-bond acceptors (Lipinski definition) is 5. The second-order valence-corrected chi connectivity index (χ2v) is 6.30. The van der Waals surface area contributed by atoms with Gasteiger partial charge in [0, 0.05) is 36.0 Å². The topological polar surface area (TPSA) is 91.9 Å². The minimum atomic E-state index is -1.52. The van der Waals surface area contributed by atoms with Gasteiger partial charge in [-0.25, -0.2) is 4.79 Å². The SMILES string of the molecule is CC1Oc2cc(N3CCCC3)ccc2-c2[nH]c(=O)c(OC(=O)O)cc21. The fraction of sp³-hybridized carbons (Fsp3) is 0.333. The number of rotatable bonds is 2. The minimum absolute atomic E-state index is 0.251. The Morgan fingerprint density at radius 3 is 2.80 bits per heavy atom. The summed E-state index contributed by atoms with van der Waals surface area (Å²) in [7, 11) is 0. The molecule has 4 rings (SSSR count). The van der Waals surface area contributed by atoms with E-state index in [1.165, 1.54) is 18.9 Å². The molecule has 25 heavy (non-hydrogen) atoms. The van der Waals surface area contributed by atoms with Gasteiger partial charge in [0.05, 0.1) is 5.69 Å². The van der Waals surface area contributed by atoms with Crippen molar-refractivity contribution in [2.75, 3.05) is 18.0 Å². The molecule has 0 radical (unpaired) electrons. The molecule has 1 unspecified atom stereocenters. The summed E-state index contributed by atoms with van der Waals surface area (Å²) in [6.45, 7) is 3.93. The van der Waals surface area contributed by atoms with Gasteiger partial charge in [0.1, 0.15) is 11.9 Å². The zero-order valence-corrected chi connectivity index (χ0v) is 13.7. The lowest BCUT2D eigenvalue weighted by atomic mass is 9.97. The van der Waals surface area contributed by atoms with Crippen molar-refractivity contribution >= 4 is 11.8 Å². The van der Waals surface area contributed by atoms with Crippen LogP contribution in [0.4, 0.5) is 10.5 Å². The first-order valence-electron chi connectivity index (χ1n) is 8.27. The second kappa shape index (κ2) is 5.84. The highest BCUT2D eigenvalue weighted by molar-refractivity contribution is 5.76. The second-order valence-electron chi connectivity index (χ2n) is 6.30. The Bertz CT molecular complexity index is 899. The van der Waals surface area contributed by atoms with E-state index in [2.05, 4.69) is 14.6 Å². The van der Waals surface area contributed by atoms with Gasteiger partial charge in [-0.15, -0.1) is 0 Å². The first-order valence-corrected chi connectivity index (χ1v) is 8.27. The van der Waals surface area contributed by atoms with Crippen LogP contribution in [0.15, 0.2) is 29.1 Å². The lowest BCUT2D eigenvalue weighted by Crippen LogP contribution is -2.21. The summed E-state index contributed by atoms with van der Waals surface area (Å²) in [4.78, 5) is 27.9. The van der Waals surface area contributed by atoms with Gasteiger partial charge in [0.2, 0.25) is 0 Å². The monoisotopic (exact) mass is 342 g/mol. The molecule has 0 bridgehead atoms. The third-order valence-electron chi connectivity index (χ3n) is 4.68. The number of anilines is 1. The van der Waals surface area contributed by atoms with Crippen LogP contribution < -0.4 is 19.9 Å². The number of aromatic amines is 1. The highest BCUT2D eigenvalue weighted by atomic mass is 16.7. The Morgan fingerprint density at radius 1 is 1.32 bits per heavy atom. The smallest absolute Gasteiger partial charge is 0.485 e. The molecule has 7 nitrogen and oxygen atoms in total. The van der Waals surface area contributed by atoms with Gasteiger partial charge in [-0.2, -0.15) is 0 Å². The van der Waals surface area contributed by atoms with Crippen LogP contribution in [0.25, 0.3) is 11.3 Å². The summed E-state index contributed by atoms with van der Waals surface area (Å²) >= 11 is 0. The predicted molar refractivity (Wildman–Crippen MR) is 91.6 cm³/mol. The van der Waals surface area contributed by atoms with Crippen LogP contribution in [0, 0.1) is 0 Å². The molecule has 0 saturated carbocycles. The van der Waals surface area contributed by atoms with E-state index in [1.807, 2.05) is 25.1 Å². The molecule has 1 fully saturated rings. The molecule has 0 amide bonds. The number of H-pyrrole nitrogens is 1. The summed E-state index contributed by atoms with van der Waals surface area (Å²) in [5.74, 6) is 0.464. The van der Waals surface area contributed by atoms with E-state index in [4.69, 9.17) is 9.84 Å². The molecule has 3 heterocycles. The molecule has 1 aromatic heterocycles. The van der Waals surface area contributed by atoms with Gasteiger partial charge in [-0.1, -0.05) is 0 Å². The molecule has 2 aromatic rings. The zero-order valence-electron chi connectivity index (χ0n) is 13.7. The Labute approximate surface area is 143 Å². The first-order chi connectivity index (χ1) is 12.0. The molecule has 0 aliphatic carbocycles. The number of aromatic nitrogens is 1. The minimum Gasteiger partial charge on any atom is -0.485 e. The van der Waals surface area contributed by atoms with E-state index in [-0.39, 0.29) is 11.9 Å². The molecule has 2 N–H and O–H groups in total. The maximum atomic E-state index is 12.1. The largest absolute Gasteiger partial charge is 0.511 e. The molecular formula is C18H18N2O5. The molecule has 0 spiro atoms. The van der Waals surface area contributed by atoms with E-state index in [9.17, 15) is 9.59 Å². The number of carboxylic acid groups (broad SMARTS) is 1. The standard InChI is InChI=1S/C18H18N2O5/c1-10-13-9-15(25-18(22)23)17(21)19-16(13)12-5-4-11(8-14(12)24-10)20-6-2-3-7-20/h4-5,8-10H,2-3,6-7H2,1H3,(H,19,21)(H,22,23). The Hall–Kier alpha value is -2.96. The van der Waals surface area contributed by atoms with Crippen molar-refractivity contribution in [1.82, 2.24) is 4.98 Å².